The molecule has 37 heavy (non-hydrogen) atoms. The van der Waals surface area contributed by atoms with Crippen molar-refractivity contribution in [2.75, 3.05) is 14.2 Å². The Morgan fingerprint density at radius 1 is 0.784 bits per heavy atom. The second-order valence-electron chi connectivity index (χ2n) is 7.55. The summed E-state index contributed by atoms with van der Waals surface area (Å²) in [4.78, 5) is 48.7. The summed E-state index contributed by atoms with van der Waals surface area (Å²) in [6.07, 6.45) is 0. The first-order valence-electron chi connectivity index (χ1n) is 10.0. The lowest BCUT2D eigenvalue weighted by atomic mass is 9.87. The van der Waals surface area contributed by atoms with Crippen LogP contribution in [0, 0.1) is 0 Å². The van der Waals surface area contributed by atoms with Gasteiger partial charge in [0.15, 0.2) is 28.6 Å². The minimum absolute atomic E-state index is 0.00217. The highest BCUT2D eigenvalue weighted by atomic mass is 79.9. The number of carbonyl (C=O) groups is 3. The lowest BCUT2D eigenvalue weighted by Gasteiger charge is -2.20. The van der Waals surface area contributed by atoms with E-state index in [0.717, 1.165) is 12.1 Å². The van der Waals surface area contributed by atoms with Crippen molar-refractivity contribution in [3.8, 4) is 39.7 Å². The molecule has 4 N–H and O–H groups in total. The molecule has 0 amide bonds. The fraction of sp³-hybridized carbons (Fsp3) is 0.0833. The van der Waals surface area contributed by atoms with Crippen LogP contribution >= 0.6 is 31.9 Å². The van der Waals surface area contributed by atoms with Gasteiger partial charge in [0.1, 0.15) is 8.95 Å². The molecule has 0 fully saturated rings. The van der Waals surface area contributed by atoms with E-state index < -0.39 is 40.0 Å². The minimum atomic E-state index is -1.64. The summed E-state index contributed by atoms with van der Waals surface area (Å²) >= 11 is 6.40. The van der Waals surface area contributed by atoms with Crippen molar-refractivity contribution >= 4 is 60.7 Å². The van der Waals surface area contributed by atoms with Gasteiger partial charge in [-0.25, -0.2) is 14.4 Å². The maximum Gasteiger partial charge on any atom is 0.336 e. The first-order valence-corrected chi connectivity index (χ1v) is 11.6. The van der Waals surface area contributed by atoms with E-state index in [1.165, 1.54) is 26.4 Å². The molecular formula is C24H14Br2O11. The number of hydrogen-bond acceptors (Lipinski definition) is 8. The predicted molar refractivity (Wildman–Crippen MR) is 136 cm³/mol. The van der Waals surface area contributed by atoms with E-state index in [2.05, 4.69) is 31.9 Å². The van der Waals surface area contributed by atoms with E-state index in [9.17, 15) is 39.6 Å². The van der Waals surface area contributed by atoms with Gasteiger partial charge in [-0.1, -0.05) is 0 Å². The van der Waals surface area contributed by atoms with Crippen molar-refractivity contribution in [1.29, 1.82) is 0 Å². The average molecular weight is 638 g/mol. The van der Waals surface area contributed by atoms with Gasteiger partial charge in [-0.15, -0.1) is 0 Å². The molecule has 0 saturated heterocycles. The Labute approximate surface area is 223 Å². The van der Waals surface area contributed by atoms with Gasteiger partial charge >= 0.3 is 17.9 Å². The van der Waals surface area contributed by atoms with Crippen molar-refractivity contribution in [2.24, 2.45) is 0 Å². The molecule has 0 radical (unpaired) electrons. The maximum absolute atomic E-state index is 12.7. The number of benzene rings is 3. The Morgan fingerprint density at radius 2 is 1.35 bits per heavy atom. The number of hydrogen-bond donors (Lipinski definition) is 4. The van der Waals surface area contributed by atoms with Gasteiger partial charge in [0.25, 0.3) is 0 Å². The van der Waals surface area contributed by atoms with E-state index in [-0.39, 0.29) is 59.6 Å². The third-order valence-corrected chi connectivity index (χ3v) is 7.06. The summed E-state index contributed by atoms with van der Waals surface area (Å²) in [6.45, 7) is 0. The molecule has 2 aromatic carbocycles. The van der Waals surface area contributed by atoms with Gasteiger partial charge < -0.3 is 34.3 Å². The molecule has 190 valence electrons. The lowest BCUT2D eigenvalue weighted by Crippen LogP contribution is -2.13. The van der Waals surface area contributed by atoms with Gasteiger partial charge in [-0.3, -0.25) is 4.79 Å². The number of aromatic carboxylic acids is 3. The van der Waals surface area contributed by atoms with Gasteiger partial charge in [0.2, 0.25) is 5.43 Å². The van der Waals surface area contributed by atoms with E-state index in [4.69, 9.17) is 13.9 Å². The SMILES string of the molecule is COc1cc2c(-c3cc(C(=O)O)c(C(=O)O)cc3C(=O)O)c3cc(OC)c(=O)c(Br)c-3oc2c(Br)c1O. The number of fused-ring (bicyclic) bond motifs is 2. The molecule has 0 bridgehead atoms. The first kappa shape index (κ1) is 26.0. The average Bonchev–Trinajstić information content (AvgIpc) is 2.86. The summed E-state index contributed by atoms with van der Waals surface area (Å²) in [6, 6.07) is 4.27. The normalized spacial score (nSPS) is 11.0. The van der Waals surface area contributed by atoms with E-state index in [1.807, 2.05) is 0 Å². The quantitative estimate of drug-likeness (QED) is 0.211. The highest BCUT2D eigenvalue weighted by Crippen LogP contribution is 2.50. The summed E-state index contributed by atoms with van der Waals surface area (Å²) in [5.41, 5.74) is -2.62. The highest BCUT2D eigenvalue weighted by Gasteiger charge is 2.30. The lowest BCUT2D eigenvalue weighted by molar-refractivity contribution is 0.0649. The van der Waals surface area contributed by atoms with Crippen LogP contribution in [0.4, 0.5) is 0 Å². The molecule has 0 unspecified atom stereocenters. The third-order valence-electron chi connectivity index (χ3n) is 5.60. The number of methoxy groups -OCH3 is 2. The van der Waals surface area contributed by atoms with Crippen molar-refractivity contribution in [2.45, 2.75) is 0 Å². The van der Waals surface area contributed by atoms with Crippen LogP contribution in [0.2, 0.25) is 0 Å². The van der Waals surface area contributed by atoms with Crippen molar-refractivity contribution in [3.63, 3.8) is 0 Å². The van der Waals surface area contributed by atoms with Crippen molar-refractivity contribution < 1.29 is 48.7 Å². The van der Waals surface area contributed by atoms with Gasteiger partial charge in [-0.2, -0.15) is 0 Å². The number of phenols is 1. The fourth-order valence-electron chi connectivity index (χ4n) is 3.94. The van der Waals surface area contributed by atoms with Crippen LogP contribution in [0.15, 0.2) is 42.4 Å². The van der Waals surface area contributed by atoms with Crippen molar-refractivity contribution in [3.05, 3.63) is 60.1 Å². The summed E-state index contributed by atoms with van der Waals surface area (Å²) in [5, 5.41) is 39.9. The molecule has 13 heteroatoms. The first-order chi connectivity index (χ1) is 17.4. The summed E-state index contributed by atoms with van der Waals surface area (Å²) in [7, 11) is 2.53. The third kappa shape index (κ3) is 4.05. The van der Waals surface area contributed by atoms with Crippen LogP contribution in [0.1, 0.15) is 31.1 Å². The fourth-order valence-corrected chi connectivity index (χ4v) is 4.92. The number of phenolic OH excluding ortho intramolecular Hbond substituents is 1. The van der Waals surface area contributed by atoms with Crippen LogP contribution in [-0.4, -0.2) is 52.6 Å². The number of aromatic hydroxyl groups is 1. The summed E-state index contributed by atoms with van der Waals surface area (Å²) in [5.74, 6) is -5.42. The molecule has 1 aliphatic heterocycles. The Hall–Kier alpha value is -4.10. The van der Waals surface area contributed by atoms with Crippen LogP contribution < -0.4 is 14.9 Å². The molecule has 4 rings (SSSR count). The second-order valence-corrected chi connectivity index (χ2v) is 9.14. The number of carboxylic acid groups (broad SMARTS) is 3. The Balaban J connectivity index is 2.37. The Bertz CT molecular complexity index is 1690. The van der Waals surface area contributed by atoms with E-state index in [0.29, 0.717) is 0 Å². The largest absolute Gasteiger partial charge is 0.503 e. The molecule has 11 nitrogen and oxygen atoms in total. The van der Waals surface area contributed by atoms with Crippen LogP contribution in [0.25, 0.3) is 33.4 Å². The molecule has 2 aromatic rings. The molecule has 0 saturated carbocycles. The van der Waals surface area contributed by atoms with Crippen LogP contribution in [0.3, 0.4) is 0 Å². The zero-order chi connectivity index (χ0) is 27.3. The second kappa shape index (κ2) is 9.41. The Morgan fingerprint density at radius 3 is 1.89 bits per heavy atom. The van der Waals surface area contributed by atoms with Gasteiger partial charge in [0.05, 0.1) is 30.9 Å². The number of ether oxygens (including phenoxy) is 2. The summed E-state index contributed by atoms with van der Waals surface area (Å²) < 4.78 is 16.2. The van der Waals surface area contributed by atoms with Crippen molar-refractivity contribution in [1.82, 2.24) is 0 Å². The van der Waals surface area contributed by atoms with E-state index in [1.54, 1.807) is 0 Å². The molecule has 1 aliphatic carbocycles. The standard InChI is InChI=1S/C24H14Br2O11/c1-35-13-5-11-15(7-3-9(23(31)32)10(24(33)34)4-8(7)22(29)30)12-6-14(36-2)19(28)17(26)21(12)37-20(11)16(25)18(13)27/h3-6,27H,1-2H3,(H,29,30)(H,31,32)(H,33,34). The monoisotopic (exact) mass is 636 g/mol. The zero-order valence-electron chi connectivity index (χ0n) is 18.7. The number of halogens is 2. The molecular weight excluding hydrogens is 624 g/mol. The predicted octanol–water partition coefficient (Wildman–Crippen LogP) is 4.91. The topological polar surface area (TPSA) is 181 Å². The highest BCUT2D eigenvalue weighted by molar-refractivity contribution is 9.11. The number of rotatable bonds is 6. The smallest absolute Gasteiger partial charge is 0.336 e. The van der Waals surface area contributed by atoms with Crippen LogP contribution in [0.5, 0.6) is 17.2 Å². The van der Waals surface area contributed by atoms with Gasteiger partial charge in [0, 0.05) is 16.5 Å². The Kier molecular flexibility index (Phi) is 6.60. The zero-order valence-corrected chi connectivity index (χ0v) is 21.9. The number of carboxylic acids is 3. The van der Waals surface area contributed by atoms with Gasteiger partial charge in [-0.05, 0) is 61.7 Å². The molecule has 0 spiro atoms. The minimum Gasteiger partial charge on any atom is -0.503 e. The maximum atomic E-state index is 12.7. The molecule has 2 aliphatic rings. The molecule has 1 heterocycles. The van der Waals surface area contributed by atoms with Crippen LogP contribution in [-0.2, 0) is 0 Å². The van der Waals surface area contributed by atoms with E-state index >= 15 is 0 Å². The molecule has 0 aromatic heterocycles. The molecule has 0 atom stereocenters.